The summed E-state index contributed by atoms with van der Waals surface area (Å²) in [4.78, 5) is 12.7. The van der Waals surface area contributed by atoms with Gasteiger partial charge in [0.2, 0.25) is 0 Å². The lowest BCUT2D eigenvalue weighted by Crippen LogP contribution is -2.38. The molecule has 2 aromatic carbocycles. The first-order valence-corrected chi connectivity index (χ1v) is 8.10. The number of hydrogen-bond donors (Lipinski definition) is 1. The molecule has 0 spiro atoms. The van der Waals surface area contributed by atoms with Crippen LogP contribution in [0.25, 0.3) is 0 Å². The van der Waals surface area contributed by atoms with Crippen molar-refractivity contribution in [2.75, 3.05) is 18.0 Å². The highest BCUT2D eigenvalue weighted by molar-refractivity contribution is 6.30. The second kappa shape index (κ2) is 7.09. The summed E-state index contributed by atoms with van der Waals surface area (Å²) in [6.07, 6.45) is 1.91. The van der Waals surface area contributed by atoms with E-state index in [1.165, 1.54) is 12.1 Å². The number of aromatic hydroxyl groups is 1. The van der Waals surface area contributed by atoms with E-state index >= 15 is 0 Å². The number of benzene rings is 2. The Bertz CT molecular complexity index is 728. The first kappa shape index (κ1) is 16.6. The molecule has 6 heteroatoms. The van der Waals surface area contributed by atoms with Gasteiger partial charge in [0.1, 0.15) is 23.4 Å². The van der Waals surface area contributed by atoms with Crippen LogP contribution in [0.5, 0.6) is 11.5 Å². The van der Waals surface area contributed by atoms with E-state index < -0.39 is 5.82 Å². The van der Waals surface area contributed by atoms with E-state index in [1.54, 1.807) is 17.0 Å². The summed E-state index contributed by atoms with van der Waals surface area (Å²) in [6.45, 7) is 1.07. The van der Waals surface area contributed by atoms with Crippen LogP contribution in [0, 0.1) is 5.82 Å². The number of carbonyl (C=O) groups excluding carboxylic acids is 1. The van der Waals surface area contributed by atoms with E-state index in [4.69, 9.17) is 16.3 Å². The van der Waals surface area contributed by atoms with Crippen LogP contribution in [0.1, 0.15) is 23.2 Å². The van der Waals surface area contributed by atoms with Gasteiger partial charge in [-0.1, -0.05) is 11.6 Å². The maximum atomic E-state index is 14.1. The lowest BCUT2D eigenvalue weighted by molar-refractivity contribution is 0.112. The zero-order valence-electron chi connectivity index (χ0n) is 12.9. The van der Waals surface area contributed by atoms with Gasteiger partial charge in [-0.2, -0.15) is 0 Å². The van der Waals surface area contributed by atoms with Crippen LogP contribution < -0.4 is 9.64 Å². The highest BCUT2D eigenvalue weighted by Gasteiger charge is 2.25. The minimum atomic E-state index is -0.532. The van der Waals surface area contributed by atoms with E-state index in [-0.39, 0.29) is 23.1 Å². The number of phenolic OH excluding ortho intramolecular Hbond substituents is 1. The second-order valence-electron chi connectivity index (χ2n) is 5.71. The number of aldehydes is 1. The maximum absolute atomic E-state index is 14.1. The van der Waals surface area contributed by atoms with Gasteiger partial charge >= 0.3 is 0 Å². The molecule has 126 valence electrons. The molecule has 1 N–H and O–H groups in total. The monoisotopic (exact) mass is 349 g/mol. The number of rotatable bonds is 4. The Morgan fingerprint density at radius 3 is 2.46 bits per heavy atom. The Labute approximate surface area is 144 Å². The molecule has 24 heavy (non-hydrogen) atoms. The number of halogens is 2. The predicted molar refractivity (Wildman–Crippen MR) is 90.8 cm³/mol. The summed E-state index contributed by atoms with van der Waals surface area (Å²) >= 11 is 5.85. The molecule has 3 rings (SSSR count). The highest BCUT2D eigenvalue weighted by atomic mass is 35.5. The molecule has 1 aliphatic rings. The molecule has 0 aromatic heterocycles. The van der Waals surface area contributed by atoms with Gasteiger partial charge in [0.15, 0.2) is 12.0 Å². The number of piperidine rings is 1. The highest BCUT2D eigenvalue weighted by Crippen LogP contribution is 2.35. The van der Waals surface area contributed by atoms with Gasteiger partial charge in [0, 0.05) is 31.0 Å². The number of phenols is 1. The molecule has 2 aromatic rings. The minimum absolute atomic E-state index is 0.0156. The number of anilines is 1. The average Bonchev–Trinajstić information content (AvgIpc) is 2.59. The molecule has 4 nitrogen and oxygen atoms in total. The molecule has 0 unspecified atom stereocenters. The summed E-state index contributed by atoms with van der Waals surface area (Å²) in [7, 11) is 0. The van der Waals surface area contributed by atoms with Gasteiger partial charge in [-0.05, 0) is 36.4 Å². The third-order valence-electron chi connectivity index (χ3n) is 4.13. The molecule has 1 heterocycles. The van der Waals surface area contributed by atoms with Gasteiger partial charge in [0.05, 0.1) is 5.56 Å². The van der Waals surface area contributed by atoms with E-state index in [2.05, 4.69) is 0 Å². The Morgan fingerprint density at radius 2 is 1.83 bits per heavy atom. The molecule has 0 bridgehead atoms. The fraction of sp³-hybridized carbons (Fsp3) is 0.278. The fourth-order valence-corrected chi connectivity index (χ4v) is 3.00. The topological polar surface area (TPSA) is 49.8 Å². The molecule has 1 saturated heterocycles. The Hall–Kier alpha value is -2.27. The second-order valence-corrected chi connectivity index (χ2v) is 6.15. The lowest BCUT2D eigenvalue weighted by Gasteiger charge is -2.34. The van der Waals surface area contributed by atoms with Crippen LogP contribution in [0.15, 0.2) is 36.4 Å². The van der Waals surface area contributed by atoms with Crippen LogP contribution in [0.3, 0.4) is 0 Å². The molecule has 1 fully saturated rings. The fourth-order valence-electron chi connectivity index (χ4n) is 2.87. The van der Waals surface area contributed by atoms with Crippen LogP contribution in [0.2, 0.25) is 5.02 Å². The van der Waals surface area contributed by atoms with E-state index in [0.29, 0.717) is 37.2 Å². The number of nitrogens with zero attached hydrogens (tertiary/aromatic N) is 1. The summed E-state index contributed by atoms with van der Waals surface area (Å²) < 4.78 is 20.0. The van der Waals surface area contributed by atoms with Gasteiger partial charge in [-0.25, -0.2) is 4.39 Å². The van der Waals surface area contributed by atoms with Crippen molar-refractivity contribution in [2.45, 2.75) is 18.9 Å². The quantitative estimate of drug-likeness (QED) is 0.846. The van der Waals surface area contributed by atoms with Gasteiger partial charge < -0.3 is 14.7 Å². The molecule has 0 radical (unpaired) electrons. The first-order valence-electron chi connectivity index (χ1n) is 7.72. The predicted octanol–water partition coefficient (Wildman–Crippen LogP) is 4.05. The van der Waals surface area contributed by atoms with Gasteiger partial charge in [-0.15, -0.1) is 0 Å². The van der Waals surface area contributed by atoms with E-state index in [1.807, 2.05) is 12.1 Å². The van der Waals surface area contributed by atoms with Crippen LogP contribution in [-0.4, -0.2) is 30.6 Å². The molecule has 1 aliphatic heterocycles. The van der Waals surface area contributed by atoms with E-state index in [0.717, 1.165) is 5.75 Å². The van der Waals surface area contributed by atoms with Crippen molar-refractivity contribution in [1.29, 1.82) is 0 Å². The van der Waals surface area contributed by atoms with Crippen molar-refractivity contribution < 1.29 is 19.0 Å². The molecule has 0 aliphatic carbocycles. The average molecular weight is 350 g/mol. The van der Waals surface area contributed by atoms with Crippen LogP contribution in [0.4, 0.5) is 10.1 Å². The number of carbonyl (C=O) groups is 1. The van der Waals surface area contributed by atoms with Crippen LogP contribution in [-0.2, 0) is 0 Å². The standard InChI is InChI=1S/C18H17ClFNO3/c19-13-2-4-14(5-3-13)24-15-7-9-21(10-8-15)17-16(20)6-1-12(11-22)18(17)23/h1-6,11,15,23H,7-10H2. The summed E-state index contributed by atoms with van der Waals surface area (Å²) in [5, 5.41) is 10.7. The summed E-state index contributed by atoms with van der Waals surface area (Å²) in [6, 6.07) is 9.64. The third kappa shape index (κ3) is 3.46. The van der Waals surface area contributed by atoms with Crippen molar-refractivity contribution in [2.24, 2.45) is 0 Å². The number of hydrogen-bond acceptors (Lipinski definition) is 4. The summed E-state index contributed by atoms with van der Waals surface area (Å²) in [5.74, 6) is -0.0907. The summed E-state index contributed by atoms with van der Waals surface area (Å²) in [5.41, 5.74) is 0.176. The molecule has 0 atom stereocenters. The van der Waals surface area contributed by atoms with Crippen LogP contribution >= 0.6 is 11.6 Å². The lowest BCUT2D eigenvalue weighted by atomic mass is 10.1. The number of ether oxygens (including phenoxy) is 1. The Morgan fingerprint density at radius 1 is 1.17 bits per heavy atom. The Kier molecular flexibility index (Phi) is 4.90. The molecule has 0 amide bonds. The zero-order valence-corrected chi connectivity index (χ0v) is 13.7. The smallest absolute Gasteiger partial charge is 0.153 e. The van der Waals surface area contributed by atoms with Crippen molar-refractivity contribution in [3.63, 3.8) is 0 Å². The largest absolute Gasteiger partial charge is 0.505 e. The first-order chi connectivity index (χ1) is 11.6. The Balaban J connectivity index is 1.67. The van der Waals surface area contributed by atoms with Crippen molar-refractivity contribution in [3.8, 4) is 11.5 Å². The maximum Gasteiger partial charge on any atom is 0.153 e. The molecule has 0 saturated carbocycles. The molecular formula is C18H17ClFNO3. The van der Waals surface area contributed by atoms with Gasteiger partial charge in [0.25, 0.3) is 0 Å². The van der Waals surface area contributed by atoms with Crippen molar-refractivity contribution in [1.82, 2.24) is 0 Å². The van der Waals surface area contributed by atoms with Gasteiger partial charge in [-0.3, -0.25) is 4.79 Å². The normalized spacial score (nSPS) is 15.3. The minimum Gasteiger partial charge on any atom is -0.505 e. The molecular weight excluding hydrogens is 333 g/mol. The SMILES string of the molecule is O=Cc1ccc(F)c(N2CCC(Oc3ccc(Cl)cc3)CC2)c1O. The zero-order chi connectivity index (χ0) is 17.1. The van der Waals surface area contributed by atoms with Crippen molar-refractivity contribution in [3.05, 3.63) is 52.8 Å². The van der Waals surface area contributed by atoms with Crippen molar-refractivity contribution >= 4 is 23.6 Å². The third-order valence-corrected chi connectivity index (χ3v) is 4.39. The van der Waals surface area contributed by atoms with E-state index in [9.17, 15) is 14.3 Å².